The van der Waals surface area contributed by atoms with Crippen LogP contribution in [0.2, 0.25) is 0 Å². The van der Waals surface area contributed by atoms with Gasteiger partial charge in [0.15, 0.2) is 23.1 Å². The summed E-state index contributed by atoms with van der Waals surface area (Å²) in [5, 5.41) is 30.3. The molecule has 50 heavy (non-hydrogen) atoms. The monoisotopic (exact) mass is 674 g/mol. The molecule has 0 amide bonds. The van der Waals surface area contributed by atoms with Crippen molar-refractivity contribution in [2.24, 2.45) is 0 Å². The number of ketones is 2. The molecule has 0 aromatic heterocycles. The number of phenolic OH excluding ortho intramolecular Hbond substituents is 2. The van der Waals surface area contributed by atoms with E-state index in [0.29, 0.717) is 99.1 Å². The number of phenols is 2. The Hall–Kier alpha value is -6.16. The first-order valence-electron chi connectivity index (χ1n) is 15.7. The van der Waals surface area contributed by atoms with Crippen LogP contribution < -0.4 is 28.4 Å². The van der Waals surface area contributed by atoms with Crippen molar-refractivity contribution >= 4 is 76.2 Å². The van der Waals surface area contributed by atoms with Crippen molar-refractivity contribution in [2.45, 2.75) is 13.8 Å². The van der Waals surface area contributed by atoms with Crippen molar-refractivity contribution in [3.8, 4) is 46.0 Å². The molecular formula is C40H34O10. The number of carbonyl (C=O) groups is 2. The molecule has 7 rings (SSSR count). The second kappa shape index (κ2) is 11.8. The highest BCUT2D eigenvalue weighted by atomic mass is 16.5. The molecule has 0 saturated carbocycles. The lowest BCUT2D eigenvalue weighted by molar-refractivity contribution is 0.100. The molecule has 7 aromatic rings. The summed E-state index contributed by atoms with van der Waals surface area (Å²) in [6.45, 7) is 2.75. The summed E-state index contributed by atoms with van der Waals surface area (Å²) in [6.07, 6.45) is 0. The predicted molar refractivity (Wildman–Crippen MR) is 194 cm³/mol. The summed E-state index contributed by atoms with van der Waals surface area (Å²) in [7, 11) is 9.17. The van der Waals surface area contributed by atoms with E-state index in [1.807, 2.05) is 24.3 Å². The fourth-order valence-electron chi connectivity index (χ4n) is 7.43. The highest BCUT2D eigenvalue weighted by Crippen LogP contribution is 2.55. The molecule has 0 spiro atoms. The minimum Gasteiger partial charge on any atom is -0.507 e. The van der Waals surface area contributed by atoms with Gasteiger partial charge in [0.2, 0.25) is 0 Å². The van der Waals surface area contributed by atoms with E-state index in [1.165, 1.54) is 40.2 Å². The Labute approximate surface area is 286 Å². The molecule has 254 valence electrons. The van der Waals surface area contributed by atoms with Crippen LogP contribution in [0.3, 0.4) is 0 Å². The van der Waals surface area contributed by atoms with Crippen molar-refractivity contribution in [3.05, 3.63) is 59.7 Å². The quantitative estimate of drug-likeness (QED) is 0.120. The molecule has 0 radical (unpaired) electrons. The zero-order valence-corrected chi connectivity index (χ0v) is 28.8. The highest BCUT2D eigenvalue weighted by Gasteiger charge is 2.28. The van der Waals surface area contributed by atoms with Crippen LogP contribution in [0, 0.1) is 0 Å². The van der Waals surface area contributed by atoms with Crippen LogP contribution in [0.1, 0.15) is 34.6 Å². The number of rotatable bonds is 8. The number of benzene rings is 7. The fourth-order valence-corrected chi connectivity index (χ4v) is 7.43. The van der Waals surface area contributed by atoms with Crippen LogP contribution in [0.5, 0.6) is 46.0 Å². The minimum atomic E-state index is -0.356. The fraction of sp³-hybridized carbons (Fsp3) is 0.200. The van der Waals surface area contributed by atoms with Crippen LogP contribution in [-0.4, -0.2) is 64.4 Å². The van der Waals surface area contributed by atoms with Gasteiger partial charge in [-0.25, -0.2) is 0 Å². The average molecular weight is 675 g/mol. The van der Waals surface area contributed by atoms with E-state index < -0.39 is 0 Å². The number of hydrogen-bond acceptors (Lipinski definition) is 10. The van der Waals surface area contributed by atoms with Gasteiger partial charge in [0.1, 0.15) is 34.5 Å². The topological polar surface area (TPSA) is 130 Å². The molecule has 0 saturated heterocycles. The molecule has 7 aromatic carbocycles. The van der Waals surface area contributed by atoms with Gasteiger partial charge in [-0.05, 0) is 62.4 Å². The van der Waals surface area contributed by atoms with Gasteiger partial charge < -0.3 is 38.6 Å². The van der Waals surface area contributed by atoms with E-state index in [9.17, 15) is 19.8 Å². The van der Waals surface area contributed by atoms with Gasteiger partial charge in [-0.1, -0.05) is 0 Å². The van der Waals surface area contributed by atoms with Crippen LogP contribution in [0.4, 0.5) is 0 Å². The third kappa shape index (κ3) is 4.27. The third-order valence-corrected chi connectivity index (χ3v) is 9.59. The van der Waals surface area contributed by atoms with Crippen molar-refractivity contribution in [1.82, 2.24) is 0 Å². The molecular weight excluding hydrogens is 640 g/mol. The van der Waals surface area contributed by atoms with E-state index in [0.717, 1.165) is 0 Å². The molecule has 0 aliphatic rings. The van der Waals surface area contributed by atoms with Crippen LogP contribution in [0.25, 0.3) is 64.6 Å². The number of Topliss-reactive ketones (excluding diaryl/α,β-unsaturated/α-hetero) is 2. The molecule has 0 bridgehead atoms. The Kier molecular flexibility index (Phi) is 7.62. The number of fused-ring (bicyclic) bond motifs is 11. The highest BCUT2D eigenvalue weighted by molar-refractivity contribution is 6.39. The molecule has 0 aliphatic heterocycles. The molecule has 2 N–H and O–H groups in total. The Morgan fingerprint density at radius 2 is 0.720 bits per heavy atom. The van der Waals surface area contributed by atoms with Gasteiger partial charge in [-0.2, -0.15) is 0 Å². The predicted octanol–water partition coefficient (Wildman–Crippen LogP) is 8.47. The first kappa shape index (κ1) is 32.4. The first-order chi connectivity index (χ1) is 24.1. The number of methoxy groups -OCH3 is 6. The lowest BCUT2D eigenvalue weighted by Crippen LogP contribution is -2.00. The Bertz CT molecular complexity index is 2460. The summed E-state index contributed by atoms with van der Waals surface area (Å²) in [4.78, 5) is 25.8. The minimum absolute atomic E-state index is 0.0769. The Morgan fingerprint density at radius 1 is 0.420 bits per heavy atom. The average Bonchev–Trinajstić information content (AvgIpc) is 3.12. The van der Waals surface area contributed by atoms with Gasteiger partial charge in [-0.3, -0.25) is 9.59 Å². The molecule has 0 heterocycles. The molecule has 0 aliphatic carbocycles. The third-order valence-electron chi connectivity index (χ3n) is 9.59. The summed E-state index contributed by atoms with van der Waals surface area (Å²) < 4.78 is 35.5. The normalized spacial score (nSPS) is 11.5. The summed E-state index contributed by atoms with van der Waals surface area (Å²) in [5.41, 5.74) is 0.154. The van der Waals surface area contributed by atoms with Gasteiger partial charge >= 0.3 is 0 Å². The zero-order chi connectivity index (χ0) is 35.8. The maximum absolute atomic E-state index is 12.9. The number of ether oxygens (including phenoxy) is 6. The van der Waals surface area contributed by atoms with Gasteiger partial charge in [0, 0.05) is 64.6 Å². The van der Waals surface area contributed by atoms with E-state index >= 15 is 0 Å². The maximum atomic E-state index is 12.9. The Morgan fingerprint density at radius 3 is 1.02 bits per heavy atom. The lowest BCUT2D eigenvalue weighted by Gasteiger charge is -2.22. The number of aromatic hydroxyl groups is 2. The molecule has 0 atom stereocenters. The lowest BCUT2D eigenvalue weighted by atomic mass is 9.86. The number of hydrogen-bond donors (Lipinski definition) is 2. The standard InChI is InChI=1S/C40H34O10/c1-17(41)23-13-29(47-5)25-15-27(45-3)19-9-11-21-33(31(19)35(25)37(23)43)34-22(40(50-8)39(21)49-7)12-10-20-28(46-4)16-26-30(48-6)14-24(18(2)42)38(44)36(26)32(20)34/h9-16,43-44H,1-8H3. The van der Waals surface area contributed by atoms with Crippen molar-refractivity contribution in [1.29, 1.82) is 0 Å². The maximum Gasteiger partial charge on any atom is 0.169 e. The molecule has 0 fully saturated rings. The molecule has 10 nitrogen and oxygen atoms in total. The first-order valence-corrected chi connectivity index (χ1v) is 15.7. The van der Waals surface area contributed by atoms with Crippen molar-refractivity contribution in [3.63, 3.8) is 0 Å². The van der Waals surface area contributed by atoms with Gasteiger partial charge in [0.05, 0.1) is 53.8 Å². The van der Waals surface area contributed by atoms with Gasteiger partial charge in [-0.15, -0.1) is 0 Å². The van der Waals surface area contributed by atoms with Crippen molar-refractivity contribution < 1.29 is 48.2 Å². The van der Waals surface area contributed by atoms with Crippen LogP contribution in [-0.2, 0) is 0 Å². The van der Waals surface area contributed by atoms with Crippen LogP contribution in [0.15, 0.2) is 48.5 Å². The summed E-state index contributed by atoms with van der Waals surface area (Å²) in [6, 6.07) is 14.0. The number of carbonyl (C=O) groups excluding carboxylic acids is 2. The van der Waals surface area contributed by atoms with E-state index in [4.69, 9.17) is 28.4 Å². The largest absolute Gasteiger partial charge is 0.507 e. The SMILES string of the molecule is COc1cc(C(C)=O)c(O)c2c1cc(OC)c1ccc3c(OC)c(OC)c4ccc5c(OC)cc6c(OC)cc(C(C)=O)c(O)c6c5c4c3c12. The summed E-state index contributed by atoms with van der Waals surface area (Å²) in [5.74, 6) is 1.33. The van der Waals surface area contributed by atoms with Crippen LogP contribution >= 0.6 is 0 Å². The van der Waals surface area contributed by atoms with Crippen molar-refractivity contribution in [2.75, 3.05) is 42.7 Å². The van der Waals surface area contributed by atoms with E-state index in [-0.39, 0.29) is 34.2 Å². The molecule has 10 heteroatoms. The summed E-state index contributed by atoms with van der Waals surface area (Å²) >= 11 is 0. The second-order valence-electron chi connectivity index (χ2n) is 12.0. The molecule has 0 unspecified atom stereocenters. The Balaban J connectivity index is 1.98. The second-order valence-corrected chi connectivity index (χ2v) is 12.0. The smallest absolute Gasteiger partial charge is 0.169 e. The van der Waals surface area contributed by atoms with E-state index in [1.54, 1.807) is 40.6 Å². The van der Waals surface area contributed by atoms with E-state index in [2.05, 4.69) is 0 Å². The zero-order valence-electron chi connectivity index (χ0n) is 28.8. The van der Waals surface area contributed by atoms with Gasteiger partial charge in [0.25, 0.3) is 0 Å².